The van der Waals surface area contributed by atoms with Gasteiger partial charge in [0.1, 0.15) is 19.3 Å². The molecule has 17 nitrogen and oxygen atoms in total. The number of phosphoric ester groups is 2. The number of carbonyl (C=O) groups is 4. The van der Waals surface area contributed by atoms with Crippen LogP contribution in [0.15, 0.2) is 0 Å². The molecule has 0 aromatic rings. The van der Waals surface area contributed by atoms with Gasteiger partial charge in [-0.25, -0.2) is 9.13 Å². The van der Waals surface area contributed by atoms with Gasteiger partial charge in [-0.05, 0) is 31.6 Å². The molecule has 6 atom stereocenters. The van der Waals surface area contributed by atoms with E-state index in [-0.39, 0.29) is 25.7 Å². The highest BCUT2D eigenvalue weighted by Crippen LogP contribution is 2.45. The lowest BCUT2D eigenvalue weighted by atomic mass is 9.99. The summed E-state index contributed by atoms with van der Waals surface area (Å²) in [7, 11) is -9.88. The minimum absolute atomic E-state index is 0.105. The number of aliphatic hydroxyl groups is 1. The summed E-state index contributed by atoms with van der Waals surface area (Å²) < 4.78 is 67.9. The van der Waals surface area contributed by atoms with E-state index >= 15 is 0 Å². The Morgan fingerprint density at radius 3 is 0.826 bits per heavy atom. The number of esters is 4. The highest BCUT2D eigenvalue weighted by Gasteiger charge is 2.30. The predicted octanol–water partition coefficient (Wildman–Crippen LogP) is 19.0. The van der Waals surface area contributed by atoms with Crippen molar-refractivity contribution in [2.45, 2.75) is 361 Å². The molecule has 510 valence electrons. The molecule has 0 aromatic heterocycles. The Bertz CT molecular complexity index is 1670. The summed E-state index contributed by atoms with van der Waals surface area (Å²) in [5.41, 5.74) is 0. The Morgan fingerprint density at radius 1 is 0.326 bits per heavy atom. The van der Waals surface area contributed by atoms with Crippen LogP contribution < -0.4 is 0 Å². The summed E-state index contributed by atoms with van der Waals surface area (Å²) in [5.74, 6) is -1.36. The highest BCUT2D eigenvalue weighted by molar-refractivity contribution is 7.47. The van der Waals surface area contributed by atoms with Crippen molar-refractivity contribution >= 4 is 39.5 Å². The third-order valence-electron chi connectivity index (χ3n) is 15.9. The zero-order valence-corrected chi connectivity index (χ0v) is 57.2. The molecule has 0 radical (unpaired) electrons. The molecule has 86 heavy (non-hydrogen) atoms. The van der Waals surface area contributed by atoms with Gasteiger partial charge in [0.2, 0.25) is 0 Å². The fraction of sp³-hybridized carbons (Fsp3) is 0.940. The summed E-state index contributed by atoms with van der Waals surface area (Å²) in [4.78, 5) is 72.0. The van der Waals surface area contributed by atoms with Gasteiger partial charge < -0.3 is 33.8 Å². The van der Waals surface area contributed by atoms with Crippen molar-refractivity contribution in [1.29, 1.82) is 0 Å². The van der Waals surface area contributed by atoms with Crippen molar-refractivity contribution in [2.75, 3.05) is 39.6 Å². The second kappa shape index (κ2) is 60.6. The van der Waals surface area contributed by atoms with Crippen LogP contribution in [0.25, 0.3) is 0 Å². The molecular formula is C67H130O17P2. The molecule has 19 heteroatoms. The Balaban J connectivity index is 5.11. The summed E-state index contributed by atoms with van der Waals surface area (Å²) in [5, 5.41) is 10.5. The Hall–Kier alpha value is -1.94. The maximum Gasteiger partial charge on any atom is 0.472 e. The van der Waals surface area contributed by atoms with Gasteiger partial charge >= 0.3 is 39.5 Å². The van der Waals surface area contributed by atoms with Crippen LogP contribution in [-0.2, 0) is 65.4 Å². The first-order valence-electron chi connectivity index (χ1n) is 35.2. The molecule has 0 saturated heterocycles. The molecule has 0 spiro atoms. The number of aliphatic hydroxyl groups excluding tert-OH is 1. The van der Waals surface area contributed by atoms with Crippen molar-refractivity contribution in [2.24, 2.45) is 5.92 Å². The van der Waals surface area contributed by atoms with Crippen LogP contribution in [0, 0.1) is 5.92 Å². The van der Waals surface area contributed by atoms with Gasteiger partial charge in [0.05, 0.1) is 26.4 Å². The van der Waals surface area contributed by atoms with Crippen LogP contribution in [-0.4, -0.2) is 96.7 Å². The molecule has 0 heterocycles. The molecule has 0 aromatic carbocycles. The van der Waals surface area contributed by atoms with E-state index in [9.17, 15) is 43.2 Å². The number of carbonyl (C=O) groups excluding carboxylic acids is 4. The zero-order valence-electron chi connectivity index (χ0n) is 55.4. The van der Waals surface area contributed by atoms with E-state index in [0.717, 1.165) is 102 Å². The van der Waals surface area contributed by atoms with Crippen molar-refractivity contribution in [3.8, 4) is 0 Å². The first-order valence-corrected chi connectivity index (χ1v) is 38.2. The Kier molecular flexibility index (Phi) is 59.2. The topological polar surface area (TPSA) is 237 Å². The van der Waals surface area contributed by atoms with E-state index in [2.05, 4.69) is 34.6 Å². The largest absolute Gasteiger partial charge is 0.472 e. The minimum Gasteiger partial charge on any atom is -0.462 e. The summed E-state index contributed by atoms with van der Waals surface area (Å²) in [6.45, 7) is 7.11. The van der Waals surface area contributed by atoms with Crippen LogP contribution in [0.4, 0.5) is 0 Å². The summed E-state index contributed by atoms with van der Waals surface area (Å²) in [6.07, 6.45) is 46.3. The molecule has 3 N–H and O–H groups in total. The SMILES string of the molecule is CCCCCCCCCCCCCCCCCCCCCCC(=O)O[C@H](COC(=O)CCCCCCCCCCC(C)CC)COP(=O)(O)OC[C@@H](O)COP(=O)(O)OC[C@@H](COC(=O)CCCCCCC)OC(=O)CCCCCCCCCCC. The normalized spacial score (nSPS) is 14.5. The highest BCUT2D eigenvalue weighted by atomic mass is 31.2. The molecule has 0 fully saturated rings. The van der Waals surface area contributed by atoms with Gasteiger partial charge in [-0.2, -0.15) is 0 Å². The molecule has 0 aliphatic rings. The molecule has 0 aliphatic heterocycles. The quantitative estimate of drug-likeness (QED) is 0.0222. The van der Waals surface area contributed by atoms with Crippen molar-refractivity contribution < 1.29 is 80.2 Å². The molecule has 3 unspecified atom stereocenters. The van der Waals surface area contributed by atoms with E-state index in [1.165, 1.54) is 161 Å². The predicted molar refractivity (Wildman–Crippen MR) is 345 cm³/mol. The molecule has 0 bridgehead atoms. The first kappa shape index (κ1) is 84.1. The average Bonchev–Trinajstić information content (AvgIpc) is 3.70. The third-order valence-corrected chi connectivity index (χ3v) is 17.8. The van der Waals surface area contributed by atoms with Gasteiger partial charge in [0.25, 0.3) is 0 Å². The van der Waals surface area contributed by atoms with Gasteiger partial charge in [-0.1, -0.05) is 291 Å². The average molecular weight is 1270 g/mol. The second-order valence-electron chi connectivity index (χ2n) is 24.5. The molecule has 0 saturated carbocycles. The van der Waals surface area contributed by atoms with E-state index in [1.54, 1.807) is 0 Å². The summed E-state index contributed by atoms with van der Waals surface area (Å²) in [6, 6.07) is 0. The number of rotatable bonds is 67. The van der Waals surface area contributed by atoms with E-state index in [0.29, 0.717) is 25.7 Å². The van der Waals surface area contributed by atoms with Crippen LogP contribution in [0.2, 0.25) is 0 Å². The van der Waals surface area contributed by atoms with Gasteiger partial charge in [-0.15, -0.1) is 0 Å². The number of hydrogen-bond donors (Lipinski definition) is 3. The zero-order chi connectivity index (χ0) is 63.5. The summed E-state index contributed by atoms with van der Waals surface area (Å²) >= 11 is 0. The van der Waals surface area contributed by atoms with Crippen LogP contribution in [0.1, 0.15) is 343 Å². The monoisotopic (exact) mass is 1270 g/mol. The number of hydrogen-bond acceptors (Lipinski definition) is 15. The fourth-order valence-electron chi connectivity index (χ4n) is 10.1. The van der Waals surface area contributed by atoms with Gasteiger partial charge in [0.15, 0.2) is 12.2 Å². The van der Waals surface area contributed by atoms with E-state index < -0.39 is 97.5 Å². The number of ether oxygens (including phenoxy) is 4. The first-order chi connectivity index (χ1) is 41.6. The lowest BCUT2D eigenvalue weighted by molar-refractivity contribution is -0.161. The number of unbranched alkanes of at least 4 members (excludes halogenated alkanes) is 38. The van der Waals surface area contributed by atoms with Crippen LogP contribution in [0.5, 0.6) is 0 Å². The smallest absolute Gasteiger partial charge is 0.462 e. The van der Waals surface area contributed by atoms with Gasteiger partial charge in [0, 0.05) is 25.7 Å². The minimum atomic E-state index is -4.95. The second-order valence-corrected chi connectivity index (χ2v) is 27.4. The van der Waals surface area contributed by atoms with E-state index in [1.807, 2.05) is 0 Å². The maximum absolute atomic E-state index is 13.0. The molecular weight excluding hydrogens is 1140 g/mol. The lowest BCUT2D eigenvalue weighted by Gasteiger charge is -2.21. The van der Waals surface area contributed by atoms with E-state index in [4.69, 9.17) is 37.0 Å². The molecule has 0 aliphatic carbocycles. The standard InChI is InChI=1S/C67H130O17P2/c1-6-10-13-16-18-20-21-22-23-24-25-26-27-28-29-30-32-38-43-48-53-67(72)84-63(57-78-65(70)51-46-41-36-34-33-35-40-44-49-60(5)9-4)59-82-86(75,76)80-55-61(68)54-79-85(73,74)81-58-62(56-77-64(69)50-45-39-15-12-8-3)83-66(71)52-47-42-37-31-19-17-14-11-7-2/h60-63,68H,6-59H2,1-5H3,(H,73,74)(H,75,76)/t60?,61-,62+,63+/m0/s1. The van der Waals surface area contributed by atoms with Crippen molar-refractivity contribution in [3.63, 3.8) is 0 Å². The lowest BCUT2D eigenvalue weighted by Crippen LogP contribution is -2.30. The number of phosphoric acid groups is 2. The van der Waals surface area contributed by atoms with Crippen molar-refractivity contribution in [1.82, 2.24) is 0 Å². The fourth-order valence-corrected chi connectivity index (χ4v) is 11.7. The maximum atomic E-state index is 13.0. The molecule has 0 rings (SSSR count). The van der Waals surface area contributed by atoms with Crippen LogP contribution >= 0.6 is 15.6 Å². The third kappa shape index (κ3) is 59.7. The Morgan fingerprint density at radius 2 is 0.558 bits per heavy atom. The van der Waals surface area contributed by atoms with Crippen molar-refractivity contribution in [3.05, 3.63) is 0 Å². The van der Waals surface area contributed by atoms with Crippen LogP contribution in [0.3, 0.4) is 0 Å². The van der Waals surface area contributed by atoms with Gasteiger partial charge in [-0.3, -0.25) is 37.3 Å². The Labute approximate surface area is 524 Å². The molecule has 0 amide bonds.